The summed E-state index contributed by atoms with van der Waals surface area (Å²) in [5, 5.41) is 3.04. The summed E-state index contributed by atoms with van der Waals surface area (Å²) in [5.74, 6) is 6.69. The van der Waals surface area contributed by atoms with Crippen molar-refractivity contribution in [1.29, 1.82) is 0 Å². The number of nitrogens with two attached hydrogens (primary N) is 1. The van der Waals surface area contributed by atoms with Crippen molar-refractivity contribution in [3.63, 3.8) is 0 Å². The molecule has 0 bridgehead atoms. The van der Waals surface area contributed by atoms with Crippen molar-refractivity contribution in [3.05, 3.63) is 42.2 Å². The molecule has 1 aromatic heterocycles. The van der Waals surface area contributed by atoms with Crippen LogP contribution in [0, 0.1) is 0 Å². The summed E-state index contributed by atoms with van der Waals surface area (Å²) in [6.45, 7) is 4.46. The van der Waals surface area contributed by atoms with Crippen LogP contribution >= 0.6 is 11.8 Å². The molecular formula is C15H21N3S. The van der Waals surface area contributed by atoms with Crippen LogP contribution in [0.25, 0.3) is 10.8 Å². The quantitative estimate of drug-likeness (QED) is 0.627. The number of nitrogens with zero attached hydrogens (tertiary/aromatic N) is 1. The summed E-state index contributed by atoms with van der Waals surface area (Å²) in [4.78, 5) is 4.32. The first-order valence-electron chi connectivity index (χ1n) is 6.66. The Morgan fingerprint density at radius 3 is 2.84 bits per heavy atom. The van der Waals surface area contributed by atoms with Gasteiger partial charge in [-0.25, -0.2) is 0 Å². The zero-order valence-corrected chi connectivity index (χ0v) is 12.3. The Morgan fingerprint density at radius 1 is 1.32 bits per heavy atom. The highest BCUT2D eigenvalue weighted by Crippen LogP contribution is 2.27. The lowest BCUT2D eigenvalue weighted by molar-refractivity contribution is 0.612. The molecule has 0 aliphatic heterocycles. The van der Waals surface area contributed by atoms with Crippen LogP contribution in [-0.4, -0.2) is 16.0 Å². The monoisotopic (exact) mass is 275 g/mol. The van der Waals surface area contributed by atoms with Crippen molar-refractivity contribution >= 4 is 22.5 Å². The second kappa shape index (κ2) is 6.89. The van der Waals surface area contributed by atoms with E-state index in [1.165, 1.54) is 17.4 Å². The predicted molar refractivity (Wildman–Crippen MR) is 84.0 cm³/mol. The zero-order chi connectivity index (χ0) is 13.7. The van der Waals surface area contributed by atoms with E-state index in [4.69, 9.17) is 5.84 Å². The van der Waals surface area contributed by atoms with Gasteiger partial charge in [-0.15, -0.1) is 0 Å². The lowest BCUT2D eigenvalue weighted by Gasteiger charge is -2.19. The Hall–Kier alpha value is -1.10. The Bertz CT molecular complexity index is 524. The van der Waals surface area contributed by atoms with Crippen molar-refractivity contribution in [3.8, 4) is 0 Å². The maximum Gasteiger partial charge on any atom is 0.0571 e. The van der Waals surface area contributed by atoms with E-state index in [1.54, 1.807) is 0 Å². The number of pyridine rings is 1. The molecule has 4 heteroatoms. The van der Waals surface area contributed by atoms with Crippen LogP contribution in [0.4, 0.5) is 0 Å². The van der Waals surface area contributed by atoms with Gasteiger partial charge in [-0.2, -0.15) is 11.8 Å². The van der Waals surface area contributed by atoms with Crippen LogP contribution in [-0.2, 0) is 0 Å². The van der Waals surface area contributed by atoms with Crippen LogP contribution in [0.1, 0.15) is 31.9 Å². The molecule has 2 unspecified atom stereocenters. The first kappa shape index (κ1) is 14.3. The highest BCUT2D eigenvalue weighted by atomic mass is 32.2. The van der Waals surface area contributed by atoms with Crippen LogP contribution in [0.3, 0.4) is 0 Å². The standard InChI is InChI=1S/C15H21N3S/c1-3-11(2)19-10-15(18-16)14-9-17-8-12-6-4-5-7-13(12)14/h4-9,11,15,18H,3,10,16H2,1-2H3. The van der Waals surface area contributed by atoms with Crippen molar-refractivity contribution in [2.24, 2.45) is 5.84 Å². The Balaban J connectivity index is 2.25. The van der Waals surface area contributed by atoms with Gasteiger partial charge in [0.1, 0.15) is 0 Å². The third kappa shape index (κ3) is 3.47. The maximum atomic E-state index is 5.73. The van der Waals surface area contributed by atoms with Crippen molar-refractivity contribution in [2.45, 2.75) is 31.6 Å². The van der Waals surface area contributed by atoms with E-state index in [2.05, 4.69) is 42.5 Å². The summed E-state index contributed by atoms with van der Waals surface area (Å²) in [5.41, 5.74) is 4.11. The first-order chi connectivity index (χ1) is 9.26. The van der Waals surface area contributed by atoms with Gasteiger partial charge in [-0.05, 0) is 17.4 Å². The van der Waals surface area contributed by atoms with Gasteiger partial charge in [0.15, 0.2) is 0 Å². The number of hydrogen-bond acceptors (Lipinski definition) is 4. The summed E-state index contributed by atoms with van der Waals surface area (Å²) in [6, 6.07) is 8.44. The molecule has 0 radical (unpaired) electrons. The number of hydrazine groups is 1. The normalized spacial score (nSPS) is 14.5. The predicted octanol–water partition coefficient (Wildman–Crippen LogP) is 3.27. The molecule has 102 valence electrons. The summed E-state index contributed by atoms with van der Waals surface area (Å²) < 4.78 is 0. The van der Waals surface area contributed by atoms with Crippen molar-refractivity contribution < 1.29 is 0 Å². The Labute approximate surface area is 119 Å². The molecule has 0 saturated heterocycles. The number of benzene rings is 1. The van der Waals surface area contributed by atoms with Gasteiger partial charge >= 0.3 is 0 Å². The molecular weight excluding hydrogens is 254 g/mol. The largest absolute Gasteiger partial charge is 0.271 e. The fourth-order valence-corrected chi connectivity index (χ4v) is 3.06. The van der Waals surface area contributed by atoms with E-state index >= 15 is 0 Å². The smallest absolute Gasteiger partial charge is 0.0571 e. The van der Waals surface area contributed by atoms with E-state index in [1.807, 2.05) is 30.2 Å². The average molecular weight is 275 g/mol. The van der Waals surface area contributed by atoms with Gasteiger partial charge in [0, 0.05) is 28.8 Å². The highest BCUT2D eigenvalue weighted by Gasteiger charge is 2.14. The van der Waals surface area contributed by atoms with Gasteiger partial charge in [0.05, 0.1) is 6.04 Å². The van der Waals surface area contributed by atoms with Crippen LogP contribution in [0.15, 0.2) is 36.7 Å². The van der Waals surface area contributed by atoms with Crippen LogP contribution in [0.5, 0.6) is 0 Å². The highest BCUT2D eigenvalue weighted by molar-refractivity contribution is 7.99. The minimum Gasteiger partial charge on any atom is -0.271 e. The maximum absolute atomic E-state index is 5.73. The first-order valence-corrected chi connectivity index (χ1v) is 7.71. The second-order valence-corrected chi connectivity index (χ2v) is 6.19. The number of nitrogens with one attached hydrogen (secondary N) is 1. The fourth-order valence-electron chi connectivity index (χ4n) is 2.02. The van der Waals surface area contributed by atoms with E-state index in [-0.39, 0.29) is 6.04 Å². The number of hydrogen-bond donors (Lipinski definition) is 2. The summed E-state index contributed by atoms with van der Waals surface area (Å²) in [7, 11) is 0. The van der Waals surface area contributed by atoms with Gasteiger partial charge in [0.2, 0.25) is 0 Å². The molecule has 0 saturated carbocycles. The molecule has 19 heavy (non-hydrogen) atoms. The van der Waals surface area contributed by atoms with E-state index in [9.17, 15) is 0 Å². The molecule has 1 heterocycles. The molecule has 0 fully saturated rings. The molecule has 1 aromatic carbocycles. The number of aromatic nitrogens is 1. The molecule has 3 N–H and O–H groups in total. The zero-order valence-electron chi connectivity index (χ0n) is 11.5. The molecule has 0 aliphatic rings. The van der Waals surface area contributed by atoms with E-state index in [0.29, 0.717) is 5.25 Å². The summed E-state index contributed by atoms with van der Waals surface area (Å²) in [6.07, 6.45) is 4.99. The number of fused-ring (bicyclic) bond motifs is 1. The van der Waals surface area contributed by atoms with E-state index in [0.717, 1.165) is 11.1 Å². The van der Waals surface area contributed by atoms with Gasteiger partial charge < -0.3 is 0 Å². The van der Waals surface area contributed by atoms with Gasteiger partial charge in [-0.1, -0.05) is 38.1 Å². The Kier molecular flexibility index (Phi) is 5.19. The summed E-state index contributed by atoms with van der Waals surface area (Å²) >= 11 is 1.94. The third-order valence-corrected chi connectivity index (χ3v) is 4.83. The number of rotatable bonds is 6. The minimum absolute atomic E-state index is 0.137. The van der Waals surface area contributed by atoms with Crippen LogP contribution in [0.2, 0.25) is 0 Å². The van der Waals surface area contributed by atoms with E-state index < -0.39 is 0 Å². The topological polar surface area (TPSA) is 50.9 Å². The van der Waals surface area contributed by atoms with Crippen LogP contribution < -0.4 is 11.3 Å². The molecule has 2 rings (SSSR count). The molecule has 0 spiro atoms. The lowest BCUT2D eigenvalue weighted by atomic mass is 10.0. The lowest BCUT2D eigenvalue weighted by Crippen LogP contribution is -2.30. The molecule has 0 amide bonds. The molecule has 2 atom stereocenters. The molecule has 0 aliphatic carbocycles. The van der Waals surface area contributed by atoms with Gasteiger partial charge in [0.25, 0.3) is 0 Å². The third-order valence-electron chi connectivity index (χ3n) is 3.40. The number of thioether (sulfide) groups is 1. The van der Waals surface area contributed by atoms with Gasteiger partial charge in [-0.3, -0.25) is 16.3 Å². The average Bonchev–Trinajstić information content (AvgIpc) is 2.47. The minimum atomic E-state index is 0.137. The second-order valence-electron chi connectivity index (χ2n) is 4.72. The Morgan fingerprint density at radius 2 is 2.11 bits per heavy atom. The SMILES string of the molecule is CCC(C)SCC(NN)c1cncc2ccccc12. The van der Waals surface area contributed by atoms with Crippen molar-refractivity contribution in [1.82, 2.24) is 10.4 Å². The molecule has 3 nitrogen and oxygen atoms in total. The molecule has 2 aromatic rings. The fraction of sp³-hybridized carbons (Fsp3) is 0.400. The van der Waals surface area contributed by atoms with Crippen molar-refractivity contribution in [2.75, 3.05) is 5.75 Å².